The van der Waals surface area contributed by atoms with Gasteiger partial charge >= 0.3 is 0 Å². The second-order valence-electron chi connectivity index (χ2n) is 3.98. The largest absolute Gasteiger partial charge is 0.338 e. The first-order valence-electron chi connectivity index (χ1n) is 5.76. The van der Waals surface area contributed by atoms with Gasteiger partial charge in [0.1, 0.15) is 0 Å². The van der Waals surface area contributed by atoms with Crippen molar-refractivity contribution < 1.29 is 4.52 Å². The number of nitrogens with two attached hydrogens (primary N) is 1. The molecule has 17 heavy (non-hydrogen) atoms. The van der Waals surface area contributed by atoms with Gasteiger partial charge in [-0.1, -0.05) is 24.6 Å². The Morgan fingerprint density at radius 1 is 1.47 bits per heavy atom. The van der Waals surface area contributed by atoms with Crippen LogP contribution in [-0.2, 0) is 6.42 Å². The van der Waals surface area contributed by atoms with Crippen LogP contribution in [0.5, 0.6) is 0 Å². The Balaban J connectivity index is 2.04. The van der Waals surface area contributed by atoms with Crippen LogP contribution < -0.4 is 5.73 Å². The fraction of sp³-hybridized carbons (Fsp3) is 0.417. The topological polar surface area (TPSA) is 77.8 Å². The van der Waals surface area contributed by atoms with Crippen LogP contribution >= 0.6 is 0 Å². The molecule has 0 unspecified atom stereocenters. The maximum atomic E-state index is 5.90. The zero-order valence-corrected chi connectivity index (χ0v) is 9.84. The molecule has 0 aliphatic carbocycles. The lowest BCUT2D eigenvalue weighted by molar-refractivity contribution is 0.345. The van der Waals surface area contributed by atoms with Gasteiger partial charge in [-0.05, 0) is 18.1 Å². The van der Waals surface area contributed by atoms with Crippen LogP contribution in [0.1, 0.15) is 43.1 Å². The first kappa shape index (κ1) is 11.7. The van der Waals surface area contributed by atoms with Crippen LogP contribution in [-0.4, -0.2) is 15.1 Å². The van der Waals surface area contributed by atoms with Crippen molar-refractivity contribution in [3.8, 4) is 0 Å². The quantitative estimate of drug-likeness (QED) is 0.851. The highest BCUT2D eigenvalue weighted by molar-refractivity contribution is 5.13. The van der Waals surface area contributed by atoms with E-state index < -0.39 is 0 Å². The standard InChI is InChI=1S/C12H16N4O/c1-2-4-10(13)12-15-11(16-17-12)7-9-5-3-6-14-8-9/h3,5-6,8,10H,2,4,7,13H2,1H3/t10-/m1/s1. The van der Waals surface area contributed by atoms with E-state index in [1.807, 2.05) is 12.1 Å². The van der Waals surface area contributed by atoms with Crippen LogP contribution in [0.25, 0.3) is 0 Å². The number of nitrogens with zero attached hydrogens (tertiary/aromatic N) is 3. The second-order valence-corrected chi connectivity index (χ2v) is 3.98. The molecule has 0 saturated carbocycles. The predicted molar refractivity (Wildman–Crippen MR) is 63.2 cm³/mol. The smallest absolute Gasteiger partial charge is 0.243 e. The monoisotopic (exact) mass is 232 g/mol. The average Bonchev–Trinajstić information content (AvgIpc) is 2.79. The SMILES string of the molecule is CCC[C@@H](N)c1nc(Cc2cccnc2)no1. The molecule has 0 aliphatic rings. The molecule has 0 aromatic carbocycles. The molecule has 2 heterocycles. The van der Waals surface area contributed by atoms with Crippen LogP contribution in [0, 0.1) is 0 Å². The molecule has 1 atom stereocenters. The third kappa shape index (κ3) is 3.10. The molecule has 0 saturated heterocycles. The summed E-state index contributed by atoms with van der Waals surface area (Å²) in [6.45, 7) is 2.08. The van der Waals surface area contributed by atoms with Crippen molar-refractivity contribution in [3.63, 3.8) is 0 Å². The predicted octanol–water partition coefficient (Wildman–Crippen LogP) is 1.86. The Kier molecular flexibility index (Phi) is 3.82. The molecule has 2 N–H and O–H groups in total. The van der Waals surface area contributed by atoms with E-state index in [0.29, 0.717) is 18.1 Å². The molecular formula is C12H16N4O. The van der Waals surface area contributed by atoms with Crippen LogP contribution in [0.4, 0.5) is 0 Å². The Bertz CT molecular complexity index is 455. The first-order chi connectivity index (χ1) is 8.29. The zero-order chi connectivity index (χ0) is 12.1. The van der Waals surface area contributed by atoms with E-state index in [9.17, 15) is 0 Å². The van der Waals surface area contributed by atoms with Crippen LogP contribution in [0.3, 0.4) is 0 Å². The lowest BCUT2D eigenvalue weighted by atomic mass is 10.2. The second kappa shape index (κ2) is 5.54. The van der Waals surface area contributed by atoms with Gasteiger partial charge in [0, 0.05) is 18.8 Å². The average molecular weight is 232 g/mol. The van der Waals surface area contributed by atoms with Crippen molar-refractivity contribution in [2.45, 2.75) is 32.2 Å². The van der Waals surface area contributed by atoms with Crippen LogP contribution in [0.2, 0.25) is 0 Å². The molecule has 0 spiro atoms. The molecule has 0 aliphatic heterocycles. The van der Waals surface area contributed by atoms with Crippen molar-refractivity contribution in [2.24, 2.45) is 5.73 Å². The number of aromatic nitrogens is 3. The number of hydrogen-bond acceptors (Lipinski definition) is 5. The molecule has 0 radical (unpaired) electrons. The minimum Gasteiger partial charge on any atom is -0.338 e. The van der Waals surface area contributed by atoms with Gasteiger partial charge in [0.25, 0.3) is 0 Å². The summed E-state index contributed by atoms with van der Waals surface area (Å²) in [5.74, 6) is 1.17. The molecule has 0 amide bonds. The zero-order valence-electron chi connectivity index (χ0n) is 9.84. The summed E-state index contributed by atoms with van der Waals surface area (Å²) in [6.07, 6.45) is 6.01. The van der Waals surface area contributed by atoms with Gasteiger partial charge in [0.15, 0.2) is 5.82 Å². The number of hydrogen-bond donors (Lipinski definition) is 1. The molecule has 5 heteroatoms. The summed E-state index contributed by atoms with van der Waals surface area (Å²) < 4.78 is 5.14. The highest BCUT2D eigenvalue weighted by atomic mass is 16.5. The number of rotatable bonds is 5. The van der Waals surface area contributed by atoms with Crippen molar-refractivity contribution in [3.05, 3.63) is 41.8 Å². The summed E-state index contributed by atoms with van der Waals surface area (Å²) in [5.41, 5.74) is 6.96. The van der Waals surface area contributed by atoms with E-state index in [-0.39, 0.29) is 6.04 Å². The third-order valence-corrected chi connectivity index (χ3v) is 2.49. The van der Waals surface area contributed by atoms with Gasteiger partial charge in [-0.3, -0.25) is 4.98 Å². The Morgan fingerprint density at radius 2 is 2.35 bits per heavy atom. The summed E-state index contributed by atoms with van der Waals surface area (Å²) in [5, 5.41) is 3.92. The Labute approximate surface area is 100 Å². The van der Waals surface area contributed by atoms with Gasteiger partial charge in [0.2, 0.25) is 5.89 Å². The van der Waals surface area contributed by atoms with E-state index in [0.717, 1.165) is 18.4 Å². The summed E-state index contributed by atoms with van der Waals surface area (Å²) in [4.78, 5) is 8.33. The van der Waals surface area contributed by atoms with Gasteiger partial charge < -0.3 is 10.3 Å². The minimum atomic E-state index is -0.157. The minimum absolute atomic E-state index is 0.157. The molecular weight excluding hydrogens is 216 g/mol. The van der Waals surface area contributed by atoms with Gasteiger partial charge in [-0.25, -0.2) is 0 Å². The fourth-order valence-electron chi connectivity index (χ4n) is 1.61. The maximum Gasteiger partial charge on any atom is 0.243 e. The van der Waals surface area contributed by atoms with Crippen LogP contribution in [0.15, 0.2) is 29.0 Å². The van der Waals surface area contributed by atoms with Gasteiger partial charge in [-0.15, -0.1) is 0 Å². The molecule has 2 rings (SSSR count). The lowest BCUT2D eigenvalue weighted by Crippen LogP contribution is -2.10. The van der Waals surface area contributed by atoms with E-state index in [1.165, 1.54) is 0 Å². The maximum absolute atomic E-state index is 5.90. The third-order valence-electron chi connectivity index (χ3n) is 2.49. The van der Waals surface area contributed by atoms with E-state index in [1.54, 1.807) is 12.4 Å². The van der Waals surface area contributed by atoms with Gasteiger partial charge in [-0.2, -0.15) is 4.98 Å². The molecule has 90 valence electrons. The fourth-order valence-corrected chi connectivity index (χ4v) is 1.61. The highest BCUT2D eigenvalue weighted by Crippen LogP contribution is 2.14. The molecule has 0 bridgehead atoms. The normalized spacial score (nSPS) is 12.6. The number of pyridine rings is 1. The van der Waals surface area contributed by atoms with E-state index in [2.05, 4.69) is 22.0 Å². The molecule has 2 aromatic rings. The van der Waals surface area contributed by atoms with E-state index >= 15 is 0 Å². The van der Waals surface area contributed by atoms with Crippen molar-refractivity contribution in [1.29, 1.82) is 0 Å². The molecule has 5 nitrogen and oxygen atoms in total. The Morgan fingerprint density at radius 3 is 3.06 bits per heavy atom. The Hall–Kier alpha value is -1.75. The molecule has 0 fully saturated rings. The summed E-state index contributed by atoms with van der Waals surface area (Å²) >= 11 is 0. The highest BCUT2D eigenvalue weighted by Gasteiger charge is 2.13. The van der Waals surface area contributed by atoms with E-state index in [4.69, 9.17) is 10.3 Å². The summed E-state index contributed by atoms with van der Waals surface area (Å²) in [7, 11) is 0. The van der Waals surface area contributed by atoms with Gasteiger partial charge in [0.05, 0.1) is 6.04 Å². The van der Waals surface area contributed by atoms with Crippen molar-refractivity contribution in [1.82, 2.24) is 15.1 Å². The van der Waals surface area contributed by atoms with Crippen molar-refractivity contribution in [2.75, 3.05) is 0 Å². The lowest BCUT2D eigenvalue weighted by Gasteiger charge is -2.02. The summed E-state index contributed by atoms with van der Waals surface area (Å²) in [6, 6.07) is 3.71. The first-order valence-corrected chi connectivity index (χ1v) is 5.76. The molecule has 2 aromatic heterocycles. The van der Waals surface area contributed by atoms with Crippen molar-refractivity contribution >= 4 is 0 Å².